The maximum Gasteiger partial charge on any atom is 0.231 e. The van der Waals surface area contributed by atoms with Gasteiger partial charge in [0.05, 0.1) is 12.1 Å². The number of hydrogen-bond donors (Lipinski definition) is 2. The van der Waals surface area contributed by atoms with Gasteiger partial charge in [0.1, 0.15) is 5.01 Å². The van der Waals surface area contributed by atoms with E-state index in [0.717, 1.165) is 53.8 Å². The molecule has 148 valence electrons. The molecule has 1 amide bonds. The van der Waals surface area contributed by atoms with Crippen LogP contribution in [0.5, 0.6) is 11.5 Å². The number of aromatic nitrogens is 1. The molecule has 2 aliphatic heterocycles. The van der Waals surface area contributed by atoms with E-state index in [1.165, 1.54) is 17.8 Å². The lowest BCUT2D eigenvalue weighted by Crippen LogP contribution is -2.27. The first-order valence-corrected chi connectivity index (χ1v) is 9.48. The quantitative estimate of drug-likeness (QED) is 0.734. The standard InChI is InChI=1S/C18H21N3O3S.2ClH/c22-17(20-6-4-12-3-5-19-9-12)8-14-10-25-18(21-14)13-1-2-15-16(7-13)24-11-23-15;;/h1-2,7,10,12,19H,3-6,8-9,11H2,(H,20,22);2*1H. The van der Waals surface area contributed by atoms with Crippen molar-refractivity contribution in [1.29, 1.82) is 0 Å². The smallest absolute Gasteiger partial charge is 0.231 e. The summed E-state index contributed by atoms with van der Waals surface area (Å²) in [4.78, 5) is 16.7. The van der Waals surface area contributed by atoms with Crippen molar-refractivity contribution >= 4 is 42.1 Å². The van der Waals surface area contributed by atoms with Gasteiger partial charge < -0.3 is 20.1 Å². The number of nitrogens with one attached hydrogen (secondary N) is 2. The van der Waals surface area contributed by atoms with Crippen LogP contribution in [0, 0.1) is 5.92 Å². The Balaban J connectivity index is 0.00000131. The van der Waals surface area contributed by atoms with Gasteiger partial charge in [-0.2, -0.15) is 0 Å². The van der Waals surface area contributed by atoms with Crippen molar-refractivity contribution in [3.8, 4) is 22.1 Å². The molecule has 1 atom stereocenters. The van der Waals surface area contributed by atoms with E-state index < -0.39 is 0 Å². The first kappa shape index (κ1) is 21.8. The predicted molar refractivity (Wildman–Crippen MR) is 110 cm³/mol. The molecule has 1 aromatic carbocycles. The topological polar surface area (TPSA) is 72.5 Å². The molecule has 0 bridgehead atoms. The zero-order valence-corrected chi connectivity index (χ0v) is 17.2. The van der Waals surface area contributed by atoms with Crippen molar-refractivity contribution in [3.63, 3.8) is 0 Å². The molecular formula is C18H23Cl2N3O3S. The minimum atomic E-state index is 0. The molecule has 2 aromatic rings. The van der Waals surface area contributed by atoms with Crippen LogP contribution in [0.2, 0.25) is 0 Å². The second-order valence-corrected chi connectivity index (χ2v) is 7.24. The summed E-state index contributed by atoms with van der Waals surface area (Å²) in [7, 11) is 0. The lowest BCUT2D eigenvalue weighted by molar-refractivity contribution is -0.120. The number of thiazole rings is 1. The van der Waals surface area contributed by atoms with E-state index in [9.17, 15) is 4.79 Å². The molecule has 0 saturated carbocycles. The SMILES string of the molecule is Cl.Cl.O=C(Cc1csc(-c2ccc3c(c2)OCO3)n1)NCCC1CCNC1. The molecule has 1 unspecified atom stereocenters. The predicted octanol–water partition coefficient (Wildman–Crippen LogP) is 3.04. The number of nitrogens with zero attached hydrogens (tertiary/aromatic N) is 1. The van der Waals surface area contributed by atoms with Gasteiger partial charge in [0.2, 0.25) is 12.7 Å². The number of benzene rings is 1. The third-order valence-electron chi connectivity index (χ3n) is 4.55. The number of halogens is 2. The normalized spacial score (nSPS) is 17.1. The van der Waals surface area contributed by atoms with Gasteiger partial charge in [0.15, 0.2) is 11.5 Å². The Hall–Kier alpha value is -1.54. The number of rotatable bonds is 6. The molecule has 27 heavy (non-hydrogen) atoms. The van der Waals surface area contributed by atoms with Crippen LogP contribution >= 0.6 is 36.2 Å². The second-order valence-electron chi connectivity index (χ2n) is 6.39. The summed E-state index contributed by atoms with van der Waals surface area (Å²) in [6.07, 6.45) is 2.57. The Bertz CT molecular complexity index is 766. The zero-order valence-electron chi connectivity index (χ0n) is 14.7. The van der Waals surface area contributed by atoms with Crippen LogP contribution < -0.4 is 20.1 Å². The molecule has 4 rings (SSSR count). The van der Waals surface area contributed by atoms with Crippen LogP contribution in [0.4, 0.5) is 0 Å². The maximum atomic E-state index is 12.1. The van der Waals surface area contributed by atoms with E-state index in [0.29, 0.717) is 12.3 Å². The average molecular weight is 432 g/mol. The summed E-state index contributed by atoms with van der Waals surface area (Å²) >= 11 is 1.54. The van der Waals surface area contributed by atoms with Crippen molar-refractivity contribution in [3.05, 3.63) is 29.3 Å². The fraction of sp³-hybridized carbons (Fsp3) is 0.444. The third-order valence-corrected chi connectivity index (χ3v) is 5.49. The van der Waals surface area contributed by atoms with Gasteiger partial charge in [-0.25, -0.2) is 4.98 Å². The van der Waals surface area contributed by atoms with Gasteiger partial charge in [-0.15, -0.1) is 36.2 Å². The third kappa shape index (κ3) is 5.48. The van der Waals surface area contributed by atoms with E-state index in [1.807, 2.05) is 23.6 Å². The van der Waals surface area contributed by atoms with Crippen molar-refractivity contribution in [2.75, 3.05) is 26.4 Å². The number of ether oxygens (including phenoxy) is 2. The first-order chi connectivity index (χ1) is 12.3. The Morgan fingerprint density at radius 3 is 2.96 bits per heavy atom. The molecule has 0 spiro atoms. The van der Waals surface area contributed by atoms with Crippen molar-refractivity contribution < 1.29 is 14.3 Å². The van der Waals surface area contributed by atoms with Crippen LogP contribution in [0.25, 0.3) is 10.6 Å². The summed E-state index contributed by atoms with van der Waals surface area (Å²) in [5.74, 6) is 2.23. The molecule has 2 aliphatic rings. The molecule has 1 saturated heterocycles. The van der Waals surface area contributed by atoms with Gasteiger partial charge in [-0.3, -0.25) is 4.79 Å². The van der Waals surface area contributed by atoms with Crippen LogP contribution in [-0.4, -0.2) is 37.3 Å². The Morgan fingerprint density at radius 1 is 1.30 bits per heavy atom. The number of carbonyl (C=O) groups is 1. The highest BCUT2D eigenvalue weighted by Gasteiger charge is 2.17. The summed E-state index contributed by atoms with van der Waals surface area (Å²) < 4.78 is 10.7. The Labute approximate surface area is 174 Å². The Morgan fingerprint density at radius 2 is 2.15 bits per heavy atom. The van der Waals surface area contributed by atoms with E-state index in [-0.39, 0.29) is 37.5 Å². The van der Waals surface area contributed by atoms with E-state index in [1.54, 1.807) is 0 Å². The summed E-state index contributed by atoms with van der Waals surface area (Å²) in [6.45, 7) is 3.17. The first-order valence-electron chi connectivity index (χ1n) is 8.60. The van der Waals surface area contributed by atoms with Crippen LogP contribution in [0.1, 0.15) is 18.5 Å². The molecule has 9 heteroatoms. The molecule has 3 heterocycles. The molecular weight excluding hydrogens is 409 g/mol. The van der Waals surface area contributed by atoms with Crippen LogP contribution in [0.15, 0.2) is 23.6 Å². The summed E-state index contributed by atoms with van der Waals surface area (Å²) in [5, 5.41) is 9.18. The molecule has 1 aromatic heterocycles. The van der Waals surface area contributed by atoms with Crippen LogP contribution in [0.3, 0.4) is 0 Å². The minimum Gasteiger partial charge on any atom is -0.454 e. The van der Waals surface area contributed by atoms with E-state index in [2.05, 4.69) is 15.6 Å². The largest absolute Gasteiger partial charge is 0.454 e. The van der Waals surface area contributed by atoms with Gasteiger partial charge in [0, 0.05) is 17.5 Å². The number of hydrogen-bond acceptors (Lipinski definition) is 6. The van der Waals surface area contributed by atoms with Gasteiger partial charge >= 0.3 is 0 Å². The molecule has 6 nitrogen and oxygen atoms in total. The fourth-order valence-corrected chi connectivity index (χ4v) is 3.97. The maximum absolute atomic E-state index is 12.1. The number of fused-ring (bicyclic) bond motifs is 1. The fourth-order valence-electron chi connectivity index (χ4n) is 3.15. The number of carbonyl (C=O) groups excluding carboxylic acids is 1. The molecule has 1 fully saturated rings. The lowest BCUT2D eigenvalue weighted by Gasteiger charge is -2.08. The summed E-state index contributed by atoms with van der Waals surface area (Å²) in [6, 6.07) is 5.79. The van der Waals surface area contributed by atoms with E-state index >= 15 is 0 Å². The lowest BCUT2D eigenvalue weighted by atomic mass is 10.1. The minimum absolute atomic E-state index is 0. The van der Waals surface area contributed by atoms with Crippen molar-refractivity contribution in [1.82, 2.24) is 15.6 Å². The van der Waals surface area contributed by atoms with Gasteiger partial charge in [-0.05, 0) is 50.0 Å². The number of amides is 1. The van der Waals surface area contributed by atoms with Gasteiger partial charge in [0.25, 0.3) is 0 Å². The van der Waals surface area contributed by atoms with Crippen molar-refractivity contribution in [2.45, 2.75) is 19.3 Å². The second kappa shape index (κ2) is 10.1. The summed E-state index contributed by atoms with van der Waals surface area (Å²) in [5.41, 5.74) is 1.78. The Kier molecular flexibility index (Phi) is 8.16. The monoisotopic (exact) mass is 431 g/mol. The highest BCUT2D eigenvalue weighted by atomic mass is 35.5. The average Bonchev–Trinajstić information content (AvgIpc) is 3.35. The van der Waals surface area contributed by atoms with Crippen molar-refractivity contribution in [2.24, 2.45) is 5.92 Å². The molecule has 0 aliphatic carbocycles. The van der Waals surface area contributed by atoms with Crippen LogP contribution in [-0.2, 0) is 11.2 Å². The highest BCUT2D eigenvalue weighted by Crippen LogP contribution is 2.36. The molecule has 2 N–H and O–H groups in total. The van der Waals surface area contributed by atoms with E-state index in [4.69, 9.17) is 9.47 Å². The molecule has 0 radical (unpaired) electrons. The zero-order chi connectivity index (χ0) is 17.1. The van der Waals surface area contributed by atoms with Gasteiger partial charge in [-0.1, -0.05) is 0 Å². The highest BCUT2D eigenvalue weighted by molar-refractivity contribution is 7.13.